The maximum atomic E-state index is 5.19. The van der Waals surface area contributed by atoms with Crippen molar-refractivity contribution in [2.75, 3.05) is 0 Å². The van der Waals surface area contributed by atoms with Crippen LogP contribution >= 0.6 is 24.8 Å². The molecule has 1 saturated carbocycles. The molecule has 0 saturated heterocycles. The lowest BCUT2D eigenvalue weighted by molar-refractivity contribution is 0.990. The van der Waals surface area contributed by atoms with E-state index in [1.807, 2.05) is 0 Å². The molecule has 0 spiro atoms. The molecule has 52 valence electrons. The first-order valence-corrected chi connectivity index (χ1v) is 4.40. The summed E-state index contributed by atoms with van der Waals surface area (Å²) in [6.45, 7) is 2.13. The Morgan fingerprint density at radius 2 is 2.33 bits per heavy atom. The van der Waals surface area contributed by atoms with Crippen molar-refractivity contribution in [3.8, 4) is 0 Å². The van der Waals surface area contributed by atoms with Gasteiger partial charge in [-0.05, 0) is 25.2 Å². The van der Waals surface area contributed by atoms with Crippen LogP contribution < -0.4 is 0 Å². The van der Waals surface area contributed by atoms with Gasteiger partial charge in [0, 0.05) is 10.1 Å². The van der Waals surface area contributed by atoms with E-state index in [1.54, 1.807) is 0 Å². The lowest BCUT2D eigenvalue weighted by atomic mass is 10.2. The molecule has 9 heavy (non-hydrogen) atoms. The van der Waals surface area contributed by atoms with Gasteiger partial charge in [-0.1, -0.05) is 19.1 Å². The van der Waals surface area contributed by atoms with Gasteiger partial charge in [0.25, 0.3) is 0 Å². The maximum absolute atomic E-state index is 5.19. The highest BCUT2D eigenvalue weighted by Gasteiger charge is 2.28. The zero-order chi connectivity index (χ0) is 6.85. The average Bonchev–Trinajstić information content (AvgIpc) is 2.66. The third kappa shape index (κ3) is 1.94. The van der Waals surface area contributed by atoms with Crippen molar-refractivity contribution < 1.29 is 0 Å². The number of thiocarbonyl (C=S) groups is 1. The van der Waals surface area contributed by atoms with E-state index in [1.165, 1.54) is 17.7 Å². The predicted molar refractivity (Wildman–Crippen MR) is 48.4 cm³/mol. The van der Waals surface area contributed by atoms with Crippen LogP contribution in [-0.2, 0) is 0 Å². The average molecular weight is 160 g/mol. The van der Waals surface area contributed by atoms with Gasteiger partial charge in [0.05, 0.1) is 0 Å². The Hall–Kier alpha value is 0.440. The van der Waals surface area contributed by atoms with E-state index in [9.17, 15) is 0 Å². The molecule has 2 heteroatoms. The summed E-state index contributed by atoms with van der Waals surface area (Å²) in [7, 11) is 0. The molecule has 0 amide bonds. The fourth-order valence-corrected chi connectivity index (χ4v) is 1.45. The monoisotopic (exact) mass is 160 g/mol. The summed E-state index contributed by atoms with van der Waals surface area (Å²) < 4.78 is 0. The highest BCUT2D eigenvalue weighted by Crippen LogP contribution is 2.33. The van der Waals surface area contributed by atoms with Gasteiger partial charge in [-0.3, -0.25) is 0 Å². The van der Waals surface area contributed by atoms with Crippen molar-refractivity contribution in [1.29, 1.82) is 0 Å². The zero-order valence-corrected chi connectivity index (χ0v) is 7.34. The highest BCUT2D eigenvalue weighted by atomic mass is 32.1. The molecule has 0 aromatic carbocycles. The Morgan fingerprint density at radius 1 is 1.78 bits per heavy atom. The summed E-state index contributed by atoms with van der Waals surface area (Å²) in [5, 5.41) is 0.382. The molecule has 0 bridgehead atoms. The summed E-state index contributed by atoms with van der Waals surface area (Å²) in [4.78, 5) is 1.20. The first-order chi connectivity index (χ1) is 4.25. The van der Waals surface area contributed by atoms with Crippen molar-refractivity contribution >= 4 is 29.7 Å². The van der Waals surface area contributed by atoms with E-state index in [0.29, 0.717) is 5.25 Å². The Labute approximate surface area is 67.4 Å². The van der Waals surface area contributed by atoms with E-state index >= 15 is 0 Å². The fraction of sp³-hybridized carbons (Fsp3) is 0.857. The number of hydrogen-bond acceptors (Lipinski definition) is 2. The van der Waals surface area contributed by atoms with Gasteiger partial charge in [-0.25, -0.2) is 0 Å². The summed E-state index contributed by atoms with van der Waals surface area (Å²) in [5.74, 6) is 0.752. The van der Waals surface area contributed by atoms with E-state index in [-0.39, 0.29) is 0 Å². The van der Waals surface area contributed by atoms with Gasteiger partial charge in [0.2, 0.25) is 0 Å². The molecule has 0 aromatic rings. The molecule has 1 unspecified atom stereocenters. The fourth-order valence-electron chi connectivity index (χ4n) is 0.841. The highest BCUT2D eigenvalue weighted by molar-refractivity contribution is 7.86. The van der Waals surface area contributed by atoms with Gasteiger partial charge in [-0.15, -0.1) is 0 Å². The van der Waals surface area contributed by atoms with Crippen LogP contribution in [0.4, 0.5) is 0 Å². The Kier molecular flexibility index (Phi) is 2.53. The van der Waals surface area contributed by atoms with Crippen molar-refractivity contribution in [2.45, 2.75) is 31.4 Å². The minimum Gasteiger partial charge on any atom is -0.171 e. The molecule has 1 rings (SSSR count). The summed E-state index contributed by atoms with van der Waals surface area (Å²) in [5.41, 5.74) is 0. The third-order valence-corrected chi connectivity index (χ3v) is 3.13. The Balaban J connectivity index is 2.31. The van der Waals surface area contributed by atoms with Crippen LogP contribution in [0.2, 0.25) is 0 Å². The van der Waals surface area contributed by atoms with Crippen LogP contribution in [0, 0.1) is 5.92 Å². The van der Waals surface area contributed by atoms with E-state index in [4.69, 9.17) is 12.2 Å². The van der Waals surface area contributed by atoms with Gasteiger partial charge in [0.15, 0.2) is 0 Å². The van der Waals surface area contributed by atoms with Crippen LogP contribution in [0.5, 0.6) is 0 Å². The molecule has 1 atom stereocenters. The molecule has 1 aliphatic carbocycles. The molecule has 1 fully saturated rings. The molecular formula is C7H12S2. The van der Waals surface area contributed by atoms with Gasteiger partial charge in [-0.2, -0.15) is 12.6 Å². The molecule has 0 nitrogen and oxygen atoms in total. The Morgan fingerprint density at radius 3 is 2.67 bits per heavy atom. The SMILES string of the molecule is CCC(S)C(=S)C1CC1. The second-order valence-electron chi connectivity index (χ2n) is 2.60. The third-order valence-electron chi connectivity index (χ3n) is 1.69. The number of hydrogen-bond donors (Lipinski definition) is 1. The Bertz CT molecular complexity index is 116. The molecule has 0 aromatic heterocycles. The lowest BCUT2D eigenvalue weighted by Gasteiger charge is -2.06. The molecular weight excluding hydrogens is 148 g/mol. The quantitative estimate of drug-likeness (QED) is 0.489. The van der Waals surface area contributed by atoms with Crippen LogP contribution in [0.3, 0.4) is 0 Å². The van der Waals surface area contributed by atoms with Crippen LogP contribution in [0.25, 0.3) is 0 Å². The number of rotatable bonds is 3. The number of thiol groups is 1. The van der Waals surface area contributed by atoms with E-state index in [0.717, 1.165) is 12.3 Å². The summed E-state index contributed by atoms with van der Waals surface area (Å²) >= 11 is 9.55. The van der Waals surface area contributed by atoms with Crippen molar-refractivity contribution in [1.82, 2.24) is 0 Å². The van der Waals surface area contributed by atoms with E-state index in [2.05, 4.69) is 19.6 Å². The standard InChI is InChI=1S/C7H12S2/c1-2-6(8)7(9)5-3-4-5/h5-6,8H,2-4H2,1H3. The largest absolute Gasteiger partial charge is 0.171 e. The lowest BCUT2D eigenvalue weighted by Crippen LogP contribution is -2.12. The maximum Gasteiger partial charge on any atom is 0.0330 e. The zero-order valence-electron chi connectivity index (χ0n) is 5.63. The molecule has 1 aliphatic rings. The second kappa shape index (κ2) is 3.02. The molecule has 0 N–H and O–H groups in total. The summed E-state index contributed by atoms with van der Waals surface area (Å²) in [6.07, 6.45) is 3.71. The van der Waals surface area contributed by atoms with Gasteiger partial charge in [0.1, 0.15) is 0 Å². The molecule has 0 radical (unpaired) electrons. The van der Waals surface area contributed by atoms with Gasteiger partial charge < -0.3 is 0 Å². The van der Waals surface area contributed by atoms with Crippen LogP contribution in [0.15, 0.2) is 0 Å². The normalized spacial score (nSPS) is 21.6. The minimum absolute atomic E-state index is 0.382. The topological polar surface area (TPSA) is 0 Å². The summed E-state index contributed by atoms with van der Waals surface area (Å²) in [6, 6.07) is 0. The first kappa shape index (κ1) is 7.55. The molecule has 0 heterocycles. The predicted octanol–water partition coefficient (Wildman–Crippen LogP) is 2.47. The van der Waals surface area contributed by atoms with Crippen molar-refractivity contribution in [2.24, 2.45) is 5.92 Å². The van der Waals surface area contributed by atoms with Crippen LogP contribution in [-0.4, -0.2) is 10.1 Å². The van der Waals surface area contributed by atoms with Crippen molar-refractivity contribution in [3.63, 3.8) is 0 Å². The molecule has 0 aliphatic heterocycles. The minimum atomic E-state index is 0.382. The smallest absolute Gasteiger partial charge is 0.0330 e. The van der Waals surface area contributed by atoms with Crippen molar-refractivity contribution in [3.05, 3.63) is 0 Å². The second-order valence-corrected chi connectivity index (χ2v) is 3.70. The first-order valence-electron chi connectivity index (χ1n) is 3.47. The van der Waals surface area contributed by atoms with Crippen LogP contribution in [0.1, 0.15) is 26.2 Å². The van der Waals surface area contributed by atoms with Gasteiger partial charge >= 0.3 is 0 Å². The van der Waals surface area contributed by atoms with E-state index < -0.39 is 0 Å².